The molecule has 0 aliphatic carbocycles. The number of fused-ring (bicyclic) bond motifs is 1. The van der Waals surface area contributed by atoms with Crippen LogP contribution >= 0.6 is 0 Å². The molecule has 5 heteroatoms. The molecule has 0 radical (unpaired) electrons. The molecule has 5 nitrogen and oxygen atoms in total. The third-order valence-electron chi connectivity index (χ3n) is 3.38. The minimum atomic E-state index is -0.0283. The molecule has 0 unspecified atom stereocenters. The first-order chi connectivity index (χ1) is 9.15. The first-order valence-electron chi connectivity index (χ1n) is 6.53. The number of nitrogens with zero attached hydrogens (tertiary/aromatic N) is 2. The molecule has 0 bridgehead atoms. The van der Waals surface area contributed by atoms with Crippen LogP contribution < -0.4 is 0 Å². The Labute approximate surface area is 111 Å². The molecule has 19 heavy (non-hydrogen) atoms. The highest BCUT2D eigenvalue weighted by Gasteiger charge is 2.28. The molecule has 1 N–H and O–H groups in total. The van der Waals surface area contributed by atoms with Gasteiger partial charge in [0.1, 0.15) is 0 Å². The summed E-state index contributed by atoms with van der Waals surface area (Å²) in [5.41, 5.74) is 1.39. The van der Waals surface area contributed by atoms with E-state index in [1.807, 2.05) is 43.0 Å². The molecule has 1 aliphatic heterocycles. The second-order valence-electron chi connectivity index (χ2n) is 5.09. The van der Waals surface area contributed by atoms with Crippen molar-refractivity contribution in [2.75, 3.05) is 13.1 Å². The number of H-pyrrole nitrogens is 1. The number of hydrogen-bond donors (Lipinski definition) is 1. The van der Waals surface area contributed by atoms with Crippen LogP contribution in [-0.2, 0) is 4.74 Å². The smallest absolute Gasteiger partial charge is 0.275 e. The maximum atomic E-state index is 12.6. The summed E-state index contributed by atoms with van der Waals surface area (Å²) in [6.07, 6.45) is 0.135. The van der Waals surface area contributed by atoms with Crippen molar-refractivity contribution < 1.29 is 9.53 Å². The van der Waals surface area contributed by atoms with Crippen molar-refractivity contribution in [1.29, 1.82) is 0 Å². The Bertz CT molecular complexity index is 598. The Morgan fingerprint density at radius 2 is 2.00 bits per heavy atom. The number of carbonyl (C=O) groups excluding carboxylic acids is 1. The van der Waals surface area contributed by atoms with Crippen LogP contribution in [0.25, 0.3) is 10.9 Å². The van der Waals surface area contributed by atoms with Crippen LogP contribution in [0.2, 0.25) is 0 Å². The Balaban J connectivity index is 1.91. The molecular formula is C14H17N3O2. The number of aromatic nitrogens is 2. The molecule has 1 amide bonds. The standard InChI is InChI=1S/C14H17N3O2/c1-9-7-17(8-10(2)19-9)14(18)13-11-5-3-4-6-12(11)15-16-13/h3-6,9-10H,7-8H2,1-2H3,(H,15,16)/t9-,10-/m0/s1. The average molecular weight is 259 g/mol. The zero-order valence-corrected chi connectivity index (χ0v) is 11.1. The van der Waals surface area contributed by atoms with Gasteiger partial charge in [0.05, 0.1) is 17.7 Å². The number of morpholine rings is 1. The highest BCUT2D eigenvalue weighted by atomic mass is 16.5. The van der Waals surface area contributed by atoms with E-state index in [1.165, 1.54) is 0 Å². The second-order valence-corrected chi connectivity index (χ2v) is 5.09. The van der Waals surface area contributed by atoms with Crippen molar-refractivity contribution in [3.8, 4) is 0 Å². The summed E-state index contributed by atoms with van der Waals surface area (Å²) in [5, 5.41) is 7.94. The van der Waals surface area contributed by atoms with Crippen molar-refractivity contribution >= 4 is 16.8 Å². The van der Waals surface area contributed by atoms with Gasteiger partial charge in [0.25, 0.3) is 5.91 Å². The number of ether oxygens (including phenoxy) is 1. The van der Waals surface area contributed by atoms with Crippen LogP contribution in [0.4, 0.5) is 0 Å². The highest BCUT2D eigenvalue weighted by Crippen LogP contribution is 2.19. The number of carbonyl (C=O) groups is 1. The summed E-state index contributed by atoms with van der Waals surface area (Å²) in [6, 6.07) is 7.68. The molecule has 0 spiro atoms. The summed E-state index contributed by atoms with van der Waals surface area (Å²) < 4.78 is 5.65. The van der Waals surface area contributed by atoms with E-state index in [0.717, 1.165) is 10.9 Å². The lowest BCUT2D eigenvalue weighted by atomic mass is 10.1. The molecule has 2 aromatic rings. The van der Waals surface area contributed by atoms with Crippen LogP contribution in [0, 0.1) is 0 Å². The number of aromatic amines is 1. The number of para-hydroxylation sites is 1. The van der Waals surface area contributed by atoms with Gasteiger partial charge < -0.3 is 9.64 Å². The SMILES string of the molecule is C[C@H]1CN(C(=O)c2n[nH]c3ccccc23)C[C@H](C)O1. The van der Waals surface area contributed by atoms with Gasteiger partial charge in [0.15, 0.2) is 5.69 Å². The second kappa shape index (κ2) is 4.66. The average Bonchev–Trinajstić information content (AvgIpc) is 2.80. The lowest BCUT2D eigenvalue weighted by Gasteiger charge is -2.34. The molecular weight excluding hydrogens is 242 g/mol. The van der Waals surface area contributed by atoms with Crippen molar-refractivity contribution in [2.24, 2.45) is 0 Å². The van der Waals surface area contributed by atoms with E-state index in [0.29, 0.717) is 18.8 Å². The van der Waals surface area contributed by atoms with Gasteiger partial charge >= 0.3 is 0 Å². The van der Waals surface area contributed by atoms with E-state index in [1.54, 1.807) is 0 Å². The summed E-state index contributed by atoms with van der Waals surface area (Å²) in [4.78, 5) is 14.4. The zero-order chi connectivity index (χ0) is 13.4. The van der Waals surface area contributed by atoms with Gasteiger partial charge in [-0.1, -0.05) is 18.2 Å². The van der Waals surface area contributed by atoms with Gasteiger partial charge in [-0.15, -0.1) is 0 Å². The predicted octanol–water partition coefficient (Wildman–Crippen LogP) is 1.81. The Morgan fingerprint density at radius 1 is 1.32 bits per heavy atom. The number of rotatable bonds is 1. The monoisotopic (exact) mass is 259 g/mol. The number of amides is 1. The van der Waals surface area contributed by atoms with E-state index < -0.39 is 0 Å². The van der Waals surface area contributed by atoms with E-state index in [4.69, 9.17) is 4.74 Å². The Hall–Kier alpha value is -1.88. The van der Waals surface area contributed by atoms with Gasteiger partial charge in [-0.2, -0.15) is 5.10 Å². The fourth-order valence-electron chi connectivity index (χ4n) is 2.62. The molecule has 2 atom stereocenters. The largest absolute Gasteiger partial charge is 0.372 e. The first kappa shape index (κ1) is 12.2. The molecule has 1 fully saturated rings. The first-order valence-corrected chi connectivity index (χ1v) is 6.53. The van der Waals surface area contributed by atoms with E-state index in [-0.39, 0.29) is 18.1 Å². The van der Waals surface area contributed by atoms with Crippen molar-refractivity contribution in [3.05, 3.63) is 30.0 Å². The van der Waals surface area contributed by atoms with Crippen LogP contribution in [-0.4, -0.2) is 46.3 Å². The zero-order valence-electron chi connectivity index (χ0n) is 11.1. The summed E-state index contributed by atoms with van der Waals surface area (Å²) >= 11 is 0. The molecule has 2 heterocycles. The minimum Gasteiger partial charge on any atom is -0.372 e. The molecule has 100 valence electrons. The summed E-state index contributed by atoms with van der Waals surface area (Å²) in [7, 11) is 0. The molecule has 0 saturated carbocycles. The molecule has 3 rings (SSSR count). The van der Waals surface area contributed by atoms with Crippen molar-refractivity contribution in [1.82, 2.24) is 15.1 Å². The third kappa shape index (κ3) is 2.21. The van der Waals surface area contributed by atoms with Crippen LogP contribution in [0.3, 0.4) is 0 Å². The minimum absolute atomic E-state index is 0.0283. The van der Waals surface area contributed by atoms with E-state index in [9.17, 15) is 4.79 Å². The van der Waals surface area contributed by atoms with E-state index >= 15 is 0 Å². The lowest BCUT2D eigenvalue weighted by molar-refractivity contribution is -0.0587. The maximum Gasteiger partial charge on any atom is 0.275 e. The van der Waals surface area contributed by atoms with Gasteiger partial charge in [-0.05, 0) is 19.9 Å². The summed E-state index contributed by atoms with van der Waals surface area (Å²) in [6.45, 7) is 5.20. The predicted molar refractivity (Wildman–Crippen MR) is 72.0 cm³/mol. The lowest BCUT2D eigenvalue weighted by Crippen LogP contribution is -2.48. The molecule has 1 aromatic heterocycles. The molecule has 1 aromatic carbocycles. The number of benzene rings is 1. The fourth-order valence-corrected chi connectivity index (χ4v) is 2.62. The fraction of sp³-hybridized carbons (Fsp3) is 0.429. The van der Waals surface area contributed by atoms with Gasteiger partial charge in [0, 0.05) is 18.5 Å². The van der Waals surface area contributed by atoms with Gasteiger partial charge in [-0.25, -0.2) is 0 Å². The summed E-state index contributed by atoms with van der Waals surface area (Å²) in [5.74, 6) is -0.0283. The van der Waals surface area contributed by atoms with Crippen molar-refractivity contribution in [2.45, 2.75) is 26.1 Å². The Kier molecular flexibility index (Phi) is 2.98. The number of nitrogens with one attached hydrogen (secondary N) is 1. The highest BCUT2D eigenvalue weighted by molar-refractivity contribution is 6.04. The van der Waals surface area contributed by atoms with E-state index in [2.05, 4.69) is 10.2 Å². The van der Waals surface area contributed by atoms with Crippen LogP contribution in [0.5, 0.6) is 0 Å². The quantitative estimate of drug-likeness (QED) is 0.849. The normalized spacial score (nSPS) is 23.8. The van der Waals surface area contributed by atoms with Crippen LogP contribution in [0.15, 0.2) is 24.3 Å². The topological polar surface area (TPSA) is 58.2 Å². The maximum absolute atomic E-state index is 12.6. The Morgan fingerprint density at radius 3 is 2.74 bits per heavy atom. The third-order valence-corrected chi connectivity index (χ3v) is 3.38. The molecule has 1 aliphatic rings. The van der Waals surface area contributed by atoms with Gasteiger partial charge in [-0.3, -0.25) is 9.89 Å². The molecule has 1 saturated heterocycles. The van der Waals surface area contributed by atoms with Gasteiger partial charge in [0.2, 0.25) is 0 Å². The van der Waals surface area contributed by atoms with Crippen LogP contribution in [0.1, 0.15) is 24.3 Å². The van der Waals surface area contributed by atoms with Crippen molar-refractivity contribution in [3.63, 3.8) is 0 Å². The number of hydrogen-bond acceptors (Lipinski definition) is 3.